The van der Waals surface area contributed by atoms with Crippen LogP contribution in [0.1, 0.15) is 18.4 Å². The summed E-state index contributed by atoms with van der Waals surface area (Å²) in [5.74, 6) is 0.822. The van der Waals surface area contributed by atoms with Gasteiger partial charge in [-0.05, 0) is 42.9 Å². The van der Waals surface area contributed by atoms with E-state index in [1.165, 1.54) is 4.31 Å². The number of rotatable bonds is 6. The van der Waals surface area contributed by atoms with E-state index < -0.39 is 10.0 Å². The number of hydrogen-bond donors (Lipinski definition) is 0. The maximum absolute atomic E-state index is 12.5. The number of halogens is 1. The zero-order chi connectivity index (χ0) is 15.3. The van der Waals surface area contributed by atoms with Crippen molar-refractivity contribution in [3.05, 3.63) is 29.8 Å². The monoisotopic (exact) mass is 331 g/mol. The zero-order valence-electron chi connectivity index (χ0n) is 12.3. The van der Waals surface area contributed by atoms with E-state index in [9.17, 15) is 8.42 Å². The van der Waals surface area contributed by atoms with E-state index in [2.05, 4.69) is 0 Å². The van der Waals surface area contributed by atoms with Crippen molar-refractivity contribution in [3.63, 3.8) is 0 Å². The Hall–Kier alpha value is -0.620. The molecule has 0 saturated carbocycles. The lowest BCUT2D eigenvalue weighted by molar-refractivity contribution is 0.0495. The van der Waals surface area contributed by atoms with Crippen molar-refractivity contribution < 1.29 is 13.2 Å². The maximum Gasteiger partial charge on any atom is 0.242 e. The maximum atomic E-state index is 12.5. The minimum Gasteiger partial charge on any atom is -0.381 e. The second-order valence-corrected chi connectivity index (χ2v) is 7.87. The van der Waals surface area contributed by atoms with Gasteiger partial charge in [0.05, 0.1) is 11.5 Å². The van der Waals surface area contributed by atoms with Gasteiger partial charge < -0.3 is 4.74 Å². The molecule has 1 fully saturated rings. The molecule has 0 amide bonds. The molecule has 1 saturated heterocycles. The molecule has 6 heteroatoms. The number of alkyl halides is 1. The Morgan fingerprint density at radius 3 is 2.62 bits per heavy atom. The van der Waals surface area contributed by atoms with Gasteiger partial charge in [0.15, 0.2) is 0 Å². The van der Waals surface area contributed by atoms with E-state index in [-0.39, 0.29) is 5.92 Å². The molecular formula is C15H22ClNO3S. The van der Waals surface area contributed by atoms with Crippen LogP contribution in [0.25, 0.3) is 0 Å². The standard InChI is InChI=1S/C15H22ClNO3S/c1-17(11-14-3-2-10-20-12-14)21(18,19)15-6-4-13(5-7-15)8-9-16/h4-7,14H,2-3,8-12H2,1H3. The van der Waals surface area contributed by atoms with Crippen LogP contribution >= 0.6 is 11.6 Å². The van der Waals surface area contributed by atoms with Crippen molar-refractivity contribution >= 4 is 21.6 Å². The molecule has 1 aromatic rings. The van der Waals surface area contributed by atoms with E-state index in [0.29, 0.717) is 23.9 Å². The predicted octanol–water partition coefficient (Wildman–Crippen LogP) is 2.52. The minimum atomic E-state index is -3.43. The van der Waals surface area contributed by atoms with Crippen LogP contribution < -0.4 is 0 Å². The Balaban J connectivity index is 2.05. The van der Waals surface area contributed by atoms with Crippen molar-refractivity contribution in [2.45, 2.75) is 24.2 Å². The molecule has 1 aliphatic rings. The molecule has 4 nitrogen and oxygen atoms in total. The van der Waals surface area contributed by atoms with E-state index >= 15 is 0 Å². The highest BCUT2D eigenvalue weighted by Crippen LogP contribution is 2.20. The molecule has 0 aromatic heterocycles. The van der Waals surface area contributed by atoms with E-state index in [1.807, 2.05) is 12.1 Å². The first-order valence-corrected chi connectivity index (χ1v) is 9.20. The third kappa shape index (κ3) is 4.42. The first kappa shape index (κ1) is 16.7. The smallest absolute Gasteiger partial charge is 0.242 e. The third-order valence-electron chi connectivity index (χ3n) is 3.78. The molecule has 118 valence electrons. The zero-order valence-corrected chi connectivity index (χ0v) is 13.9. The van der Waals surface area contributed by atoms with Crippen LogP contribution in [0, 0.1) is 5.92 Å². The number of sulfonamides is 1. The van der Waals surface area contributed by atoms with Crippen molar-refractivity contribution in [1.29, 1.82) is 0 Å². The highest BCUT2D eigenvalue weighted by Gasteiger charge is 2.25. The van der Waals surface area contributed by atoms with Gasteiger partial charge >= 0.3 is 0 Å². The quantitative estimate of drug-likeness (QED) is 0.752. The van der Waals surface area contributed by atoms with Gasteiger partial charge in [0, 0.05) is 26.1 Å². The fraction of sp³-hybridized carbons (Fsp3) is 0.600. The number of nitrogens with zero attached hydrogens (tertiary/aromatic N) is 1. The van der Waals surface area contributed by atoms with Crippen molar-refractivity contribution in [2.75, 3.05) is 32.7 Å². The van der Waals surface area contributed by atoms with E-state index in [1.54, 1.807) is 19.2 Å². The summed E-state index contributed by atoms with van der Waals surface area (Å²) in [6.45, 7) is 1.94. The van der Waals surface area contributed by atoms with Crippen LogP contribution in [0.15, 0.2) is 29.2 Å². The van der Waals surface area contributed by atoms with Gasteiger partial charge in [-0.25, -0.2) is 12.7 Å². The van der Waals surface area contributed by atoms with Gasteiger partial charge in [-0.3, -0.25) is 0 Å². The summed E-state index contributed by atoms with van der Waals surface area (Å²) in [4.78, 5) is 0.333. The fourth-order valence-corrected chi connectivity index (χ4v) is 4.00. The largest absolute Gasteiger partial charge is 0.381 e. The van der Waals surface area contributed by atoms with Gasteiger partial charge in [-0.1, -0.05) is 12.1 Å². The number of hydrogen-bond acceptors (Lipinski definition) is 3. The highest BCUT2D eigenvalue weighted by atomic mass is 35.5. The summed E-state index contributed by atoms with van der Waals surface area (Å²) < 4.78 is 31.9. The summed E-state index contributed by atoms with van der Waals surface area (Å²) in [5, 5.41) is 0. The third-order valence-corrected chi connectivity index (χ3v) is 5.81. The van der Waals surface area contributed by atoms with E-state index in [0.717, 1.165) is 31.4 Å². The molecule has 0 N–H and O–H groups in total. The normalized spacial score (nSPS) is 19.9. The lowest BCUT2D eigenvalue weighted by Gasteiger charge is -2.26. The minimum absolute atomic E-state index is 0.286. The van der Waals surface area contributed by atoms with Crippen LogP contribution in [-0.2, 0) is 21.2 Å². The Morgan fingerprint density at radius 1 is 1.33 bits per heavy atom. The summed E-state index contributed by atoms with van der Waals surface area (Å²) in [5.41, 5.74) is 1.05. The summed E-state index contributed by atoms with van der Waals surface area (Å²) in [7, 11) is -1.79. The Bertz CT molecular complexity index is 539. The van der Waals surface area contributed by atoms with Crippen molar-refractivity contribution in [2.24, 2.45) is 5.92 Å². The molecule has 21 heavy (non-hydrogen) atoms. The Kier molecular flexibility index (Phi) is 6.05. The molecule has 0 spiro atoms. The number of aryl methyl sites for hydroxylation is 1. The first-order chi connectivity index (χ1) is 10.0. The second-order valence-electron chi connectivity index (χ2n) is 5.45. The molecule has 0 radical (unpaired) electrons. The van der Waals surface area contributed by atoms with Gasteiger partial charge in [-0.15, -0.1) is 11.6 Å². The molecule has 1 unspecified atom stereocenters. The van der Waals surface area contributed by atoms with Crippen LogP contribution in [0.2, 0.25) is 0 Å². The van der Waals surface area contributed by atoms with Crippen LogP contribution in [0.5, 0.6) is 0 Å². The van der Waals surface area contributed by atoms with Crippen LogP contribution in [0.4, 0.5) is 0 Å². The summed E-state index contributed by atoms with van der Waals surface area (Å²) >= 11 is 5.69. The lowest BCUT2D eigenvalue weighted by Crippen LogP contribution is -2.35. The molecule has 2 rings (SSSR count). The predicted molar refractivity (Wildman–Crippen MR) is 84.2 cm³/mol. The second kappa shape index (κ2) is 7.58. The fourth-order valence-electron chi connectivity index (χ4n) is 2.53. The SMILES string of the molecule is CN(CC1CCCOC1)S(=O)(=O)c1ccc(CCCl)cc1. The highest BCUT2D eigenvalue weighted by molar-refractivity contribution is 7.89. The van der Waals surface area contributed by atoms with Crippen molar-refractivity contribution in [1.82, 2.24) is 4.31 Å². The molecule has 0 bridgehead atoms. The average molecular weight is 332 g/mol. The van der Waals surface area contributed by atoms with Gasteiger partial charge in [0.1, 0.15) is 0 Å². The Labute approximate surface area is 132 Å². The van der Waals surface area contributed by atoms with E-state index in [4.69, 9.17) is 16.3 Å². The number of benzene rings is 1. The Morgan fingerprint density at radius 2 is 2.05 bits per heavy atom. The van der Waals surface area contributed by atoms with Gasteiger partial charge in [-0.2, -0.15) is 0 Å². The molecule has 0 aliphatic carbocycles. The van der Waals surface area contributed by atoms with Gasteiger partial charge in [0.2, 0.25) is 10.0 Å². The molecule has 1 aliphatic heterocycles. The topological polar surface area (TPSA) is 46.6 Å². The summed E-state index contributed by atoms with van der Waals surface area (Å²) in [6.07, 6.45) is 2.78. The number of ether oxygens (including phenoxy) is 1. The molecule has 1 atom stereocenters. The van der Waals surface area contributed by atoms with Crippen molar-refractivity contribution in [3.8, 4) is 0 Å². The van der Waals surface area contributed by atoms with Gasteiger partial charge in [0.25, 0.3) is 0 Å². The molecule has 1 heterocycles. The average Bonchev–Trinajstić information content (AvgIpc) is 2.49. The summed E-state index contributed by atoms with van der Waals surface area (Å²) in [6, 6.07) is 6.97. The molecular weight excluding hydrogens is 310 g/mol. The first-order valence-electron chi connectivity index (χ1n) is 7.23. The molecule has 1 aromatic carbocycles. The van der Waals surface area contributed by atoms with Crippen LogP contribution in [-0.4, -0.2) is 45.4 Å². The van der Waals surface area contributed by atoms with Crippen LogP contribution in [0.3, 0.4) is 0 Å². The lowest BCUT2D eigenvalue weighted by atomic mass is 10.0.